The van der Waals surface area contributed by atoms with E-state index < -0.39 is 6.10 Å². The fraction of sp³-hybridized carbons (Fsp3) is 0.333. The zero-order chi connectivity index (χ0) is 11.1. The molecule has 1 aromatic rings. The molecular formula is C12H16NOP. The number of benzene rings is 1. The highest BCUT2D eigenvalue weighted by atomic mass is 31.0. The lowest BCUT2D eigenvalue weighted by Crippen LogP contribution is -2.28. The fourth-order valence-corrected chi connectivity index (χ4v) is 1.80. The molecule has 0 aliphatic heterocycles. The van der Waals surface area contributed by atoms with Crippen LogP contribution in [0.15, 0.2) is 30.3 Å². The molecule has 0 aliphatic carbocycles. The third-order valence-corrected chi connectivity index (χ3v) is 2.76. The molecule has 15 heavy (non-hydrogen) atoms. The van der Waals surface area contributed by atoms with Crippen LogP contribution in [0, 0.1) is 12.3 Å². The summed E-state index contributed by atoms with van der Waals surface area (Å²) in [4.78, 5) is 0. The van der Waals surface area contributed by atoms with Crippen molar-refractivity contribution in [2.45, 2.75) is 25.0 Å². The Hall–Kier alpha value is -0.870. The van der Waals surface area contributed by atoms with Gasteiger partial charge in [0.05, 0.1) is 6.10 Å². The first-order valence-corrected chi connectivity index (χ1v) is 5.50. The van der Waals surface area contributed by atoms with E-state index in [0.717, 1.165) is 12.0 Å². The zero-order valence-corrected chi connectivity index (χ0v) is 9.71. The normalized spacial score (nSPS) is 14.2. The Kier molecular flexibility index (Phi) is 5.36. The molecule has 0 aliphatic rings. The maximum absolute atomic E-state index is 10.1. The monoisotopic (exact) mass is 221 g/mol. The van der Waals surface area contributed by atoms with E-state index in [1.807, 2.05) is 30.3 Å². The van der Waals surface area contributed by atoms with Crippen molar-refractivity contribution < 1.29 is 5.11 Å². The van der Waals surface area contributed by atoms with E-state index in [4.69, 9.17) is 6.42 Å². The lowest BCUT2D eigenvalue weighted by molar-refractivity contribution is 0.137. The molecule has 0 spiro atoms. The second-order valence-corrected chi connectivity index (χ2v) is 3.70. The van der Waals surface area contributed by atoms with Gasteiger partial charge in [0.1, 0.15) is 0 Å². The van der Waals surface area contributed by atoms with Crippen molar-refractivity contribution in [3.05, 3.63) is 35.9 Å². The average molecular weight is 221 g/mol. The summed E-state index contributed by atoms with van der Waals surface area (Å²) in [6.07, 6.45) is 6.11. The highest BCUT2D eigenvalue weighted by molar-refractivity contribution is 7.13. The van der Waals surface area contributed by atoms with E-state index in [-0.39, 0.29) is 6.04 Å². The predicted molar refractivity (Wildman–Crippen MR) is 66.1 cm³/mol. The minimum atomic E-state index is -0.517. The van der Waals surface area contributed by atoms with Gasteiger partial charge in [-0.1, -0.05) is 39.7 Å². The highest BCUT2D eigenvalue weighted by Gasteiger charge is 2.17. The minimum absolute atomic E-state index is 0.0200. The molecular weight excluding hydrogens is 205 g/mol. The number of rotatable bonds is 5. The van der Waals surface area contributed by atoms with E-state index in [1.54, 1.807) is 0 Å². The van der Waals surface area contributed by atoms with Crippen molar-refractivity contribution in [3.8, 4) is 12.3 Å². The number of terminal acetylenes is 1. The van der Waals surface area contributed by atoms with Gasteiger partial charge < -0.3 is 5.11 Å². The molecule has 0 bridgehead atoms. The van der Waals surface area contributed by atoms with Crippen LogP contribution in [0.1, 0.15) is 24.5 Å². The molecule has 2 N–H and O–H groups in total. The Balaban J connectivity index is 2.65. The largest absolute Gasteiger partial charge is 0.387 e. The first-order valence-electron chi connectivity index (χ1n) is 4.92. The van der Waals surface area contributed by atoms with Crippen molar-refractivity contribution in [1.82, 2.24) is 5.09 Å². The van der Waals surface area contributed by atoms with Gasteiger partial charge in [-0.25, -0.2) is 0 Å². The Bertz CT molecular complexity index is 320. The van der Waals surface area contributed by atoms with Gasteiger partial charge in [0.15, 0.2) is 0 Å². The number of hydrogen-bond acceptors (Lipinski definition) is 2. The molecule has 3 unspecified atom stereocenters. The molecule has 0 saturated carbocycles. The maximum Gasteiger partial charge on any atom is 0.0945 e. The maximum atomic E-state index is 10.1. The summed E-state index contributed by atoms with van der Waals surface area (Å²) in [6, 6.07) is 9.57. The first kappa shape index (κ1) is 12.2. The van der Waals surface area contributed by atoms with E-state index in [9.17, 15) is 5.11 Å². The van der Waals surface area contributed by atoms with Gasteiger partial charge in [0.2, 0.25) is 0 Å². The van der Waals surface area contributed by atoms with E-state index in [2.05, 4.69) is 20.4 Å². The van der Waals surface area contributed by atoms with E-state index in [0.29, 0.717) is 6.42 Å². The van der Waals surface area contributed by atoms with Crippen LogP contribution in [-0.2, 0) is 0 Å². The molecule has 0 radical (unpaired) electrons. The highest BCUT2D eigenvalue weighted by Crippen LogP contribution is 2.20. The van der Waals surface area contributed by atoms with Crippen molar-refractivity contribution in [2.75, 3.05) is 0 Å². The molecule has 2 nitrogen and oxygen atoms in total. The fourth-order valence-electron chi connectivity index (χ4n) is 1.45. The van der Waals surface area contributed by atoms with Gasteiger partial charge in [-0.05, 0) is 12.0 Å². The SMILES string of the molecule is C#CCCC(NP)C(O)c1ccccc1. The summed E-state index contributed by atoms with van der Waals surface area (Å²) >= 11 is 0. The second-order valence-electron chi connectivity index (χ2n) is 3.37. The topological polar surface area (TPSA) is 32.3 Å². The van der Waals surface area contributed by atoms with Gasteiger partial charge in [0, 0.05) is 12.5 Å². The standard InChI is InChI=1S/C12H16NOP/c1-2-3-9-11(13-15)12(14)10-7-5-4-6-8-10/h1,4-8,11-14H,3,9,15H2. The van der Waals surface area contributed by atoms with Crippen LogP contribution in [0.5, 0.6) is 0 Å². The van der Waals surface area contributed by atoms with Gasteiger partial charge in [-0.3, -0.25) is 5.09 Å². The predicted octanol–water partition coefficient (Wildman–Crippen LogP) is 1.88. The number of hydrogen-bond donors (Lipinski definition) is 2. The summed E-state index contributed by atoms with van der Waals surface area (Å²) in [5.74, 6) is 2.58. The lowest BCUT2D eigenvalue weighted by atomic mass is 9.99. The van der Waals surface area contributed by atoms with Crippen LogP contribution >= 0.6 is 9.39 Å². The smallest absolute Gasteiger partial charge is 0.0945 e. The third-order valence-electron chi connectivity index (χ3n) is 2.34. The van der Waals surface area contributed by atoms with Gasteiger partial charge in [-0.15, -0.1) is 12.3 Å². The van der Waals surface area contributed by atoms with Crippen LogP contribution in [0.4, 0.5) is 0 Å². The van der Waals surface area contributed by atoms with Crippen LogP contribution in [0.2, 0.25) is 0 Å². The lowest BCUT2D eigenvalue weighted by Gasteiger charge is -2.21. The van der Waals surface area contributed by atoms with Gasteiger partial charge in [0.25, 0.3) is 0 Å². The zero-order valence-electron chi connectivity index (χ0n) is 8.56. The van der Waals surface area contributed by atoms with Crippen LogP contribution in [0.25, 0.3) is 0 Å². The van der Waals surface area contributed by atoms with Crippen molar-refractivity contribution >= 4 is 9.39 Å². The van der Waals surface area contributed by atoms with Crippen LogP contribution in [0.3, 0.4) is 0 Å². The van der Waals surface area contributed by atoms with Gasteiger partial charge >= 0.3 is 0 Å². The van der Waals surface area contributed by atoms with Crippen LogP contribution in [-0.4, -0.2) is 11.1 Å². The average Bonchev–Trinajstić information content (AvgIpc) is 2.31. The summed E-state index contributed by atoms with van der Waals surface area (Å²) in [5, 5.41) is 13.1. The molecule has 3 atom stereocenters. The first-order chi connectivity index (χ1) is 7.29. The summed E-state index contributed by atoms with van der Waals surface area (Å²) in [5.41, 5.74) is 0.912. The second kappa shape index (κ2) is 6.58. The summed E-state index contributed by atoms with van der Waals surface area (Å²) < 4.78 is 0. The summed E-state index contributed by atoms with van der Waals surface area (Å²) in [7, 11) is 2.43. The Morgan fingerprint density at radius 3 is 2.60 bits per heavy atom. The number of nitrogens with one attached hydrogen (secondary N) is 1. The molecule has 0 fully saturated rings. The minimum Gasteiger partial charge on any atom is -0.387 e. The molecule has 0 heterocycles. The third kappa shape index (κ3) is 3.64. The molecule has 1 rings (SSSR count). The molecule has 0 amide bonds. The molecule has 0 aromatic heterocycles. The number of aliphatic hydroxyl groups is 1. The Morgan fingerprint density at radius 2 is 2.07 bits per heavy atom. The van der Waals surface area contributed by atoms with Crippen molar-refractivity contribution in [2.24, 2.45) is 0 Å². The number of aliphatic hydroxyl groups excluding tert-OH is 1. The van der Waals surface area contributed by atoms with Gasteiger partial charge in [-0.2, -0.15) is 0 Å². The Morgan fingerprint density at radius 1 is 1.40 bits per heavy atom. The molecule has 3 heteroatoms. The van der Waals surface area contributed by atoms with Crippen LogP contribution < -0.4 is 5.09 Å². The van der Waals surface area contributed by atoms with Crippen molar-refractivity contribution in [3.63, 3.8) is 0 Å². The Labute approximate surface area is 93.4 Å². The molecule has 1 aromatic carbocycles. The van der Waals surface area contributed by atoms with E-state index >= 15 is 0 Å². The van der Waals surface area contributed by atoms with E-state index in [1.165, 1.54) is 0 Å². The van der Waals surface area contributed by atoms with Crippen molar-refractivity contribution in [1.29, 1.82) is 0 Å². The summed E-state index contributed by atoms with van der Waals surface area (Å²) in [6.45, 7) is 0. The molecule has 80 valence electrons. The quantitative estimate of drug-likeness (QED) is 0.587. The molecule has 0 saturated heterocycles.